The van der Waals surface area contributed by atoms with Gasteiger partial charge in [-0.05, 0) is 19.3 Å². The number of unbranched alkanes of at least 4 members (excludes halogenated alkanes) is 3. The third kappa shape index (κ3) is 4.90. The van der Waals surface area contributed by atoms with Gasteiger partial charge in [0.05, 0.1) is 5.57 Å². The van der Waals surface area contributed by atoms with E-state index < -0.39 is 5.97 Å². The molecule has 3 N–H and O–H groups in total. The van der Waals surface area contributed by atoms with Crippen molar-refractivity contribution in [3.63, 3.8) is 0 Å². The van der Waals surface area contributed by atoms with Gasteiger partial charge in [-0.2, -0.15) is 0 Å². The highest BCUT2D eigenvalue weighted by molar-refractivity contribution is 5.87. The summed E-state index contributed by atoms with van der Waals surface area (Å²) >= 11 is 0. The van der Waals surface area contributed by atoms with Crippen LogP contribution in [0.1, 0.15) is 52.4 Å². The zero-order chi connectivity index (χ0) is 11.0. The first-order chi connectivity index (χ1) is 6.63. The van der Waals surface area contributed by atoms with E-state index in [0.717, 1.165) is 19.3 Å². The van der Waals surface area contributed by atoms with Crippen molar-refractivity contribution in [3.8, 4) is 0 Å². The average molecular weight is 199 g/mol. The van der Waals surface area contributed by atoms with Crippen LogP contribution in [0.15, 0.2) is 11.3 Å². The van der Waals surface area contributed by atoms with Crippen LogP contribution < -0.4 is 5.73 Å². The zero-order valence-electron chi connectivity index (χ0n) is 9.18. The molecule has 82 valence electrons. The Morgan fingerprint density at radius 3 is 2.29 bits per heavy atom. The Hall–Kier alpha value is -0.990. The predicted octanol–water partition coefficient (Wildman–Crippen LogP) is 2.66. The molecule has 3 nitrogen and oxygen atoms in total. The molecule has 0 aromatic heterocycles. The highest BCUT2D eigenvalue weighted by atomic mass is 16.4. The van der Waals surface area contributed by atoms with Crippen LogP contribution in [0, 0.1) is 0 Å². The van der Waals surface area contributed by atoms with E-state index in [1.807, 2.05) is 6.92 Å². The topological polar surface area (TPSA) is 63.3 Å². The molecule has 0 bridgehead atoms. The number of hydrogen-bond acceptors (Lipinski definition) is 2. The summed E-state index contributed by atoms with van der Waals surface area (Å²) in [5.41, 5.74) is 6.56. The van der Waals surface area contributed by atoms with Gasteiger partial charge in [0, 0.05) is 5.70 Å². The average Bonchev–Trinajstić information content (AvgIpc) is 2.16. The molecule has 0 heterocycles. The van der Waals surface area contributed by atoms with Gasteiger partial charge < -0.3 is 10.8 Å². The number of carbonyl (C=O) groups is 1. The summed E-state index contributed by atoms with van der Waals surface area (Å²) in [6, 6.07) is 0. The smallest absolute Gasteiger partial charge is 0.333 e. The van der Waals surface area contributed by atoms with E-state index in [2.05, 4.69) is 6.92 Å². The Balaban J connectivity index is 4.06. The van der Waals surface area contributed by atoms with Gasteiger partial charge in [0.25, 0.3) is 0 Å². The molecule has 0 saturated heterocycles. The molecule has 0 atom stereocenters. The molecule has 0 unspecified atom stereocenters. The number of carboxylic acid groups (broad SMARTS) is 1. The second kappa shape index (κ2) is 7.42. The van der Waals surface area contributed by atoms with Gasteiger partial charge in [0.1, 0.15) is 0 Å². The Labute approximate surface area is 86.0 Å². The number of aliphatic carboxylic acids is 1. The Morgan fingerprint density at radius 1 is 1.21 bits per heavy atom. The zero-order valence-corrected chi connectivity index (χ0v) is 9.18. The van der Waals surface area contributed by atoms with Crippen molar-refractivity contribution in [1.82, 2.24) is 0 Å². The van der Waals surface area contributed by atoms with Crippen LogP contribution in [-0.2, 0) is 4.79 Å². The predicted molar refractivity (Wildman–Crippen MR) is 57.9 cm³/mol. The molecule has 0 spiro atoms. The molecule has 0 amide bonds. The summed E-state index contributed by atoms with van der Waals surface area (Å²) < 4.78 is 0. The molecular weight excluding hydrogens is 178 g/mol. The van der Waals surface area contributed by atoms with Crippen molar-refractivity contribution in [1.29, 1.82) is 0 Å². The van der Waals surface area contributed by atoms with Crippen LogP contribution in [0.4, 0.5) is 0 Å². The second-order valence-electron chi connectivity index (χ2n) is 3.47. The van der Waals surface area contributed by atoms with E-state index >= 15 is 0 Å². The van der Waals surface area contributed by atoms with E-state index in [4.69, 9.17) is 10.8 Å². The minimum absolute atomic E-state index is 0.406. The van der Waals surface area contributed by atoms with E-state index in [0.29, 0.717) is 24.1 Å². The minimum Gasteiger partial charge on any atom is -0.478 e. The molecule has 14 heavy (non-hydrogen) atoms. The SMILES string of the molecule is CCCCCCC(C(=O)O)=C(N)CC. The fraction of sp³-hybridized carbons (Fsp3) is 0.727. The van der Waals surface area contributed by atoms with Gasteiger partial charge in [0.2, 0.25) is 0 Å². The molecule has 0 aromatic rings. The van der Waals surface area contributed by atoms with E-state index in [1.54, 1.807) is 0 Å². The van der Waals surface area contributed by atoms with Crippen LogP contribution in [0.5, 0.6) is 0 Å². The fourth-order valence-electron chi connectivity index (χ4n) is 1.35. The Bertz CT molecular complexity index is 209. The highest BCUT2D eigenvalue weighted by Gasteiger charge is 2.10. The molecule has 3 heteroatoms. The molecule has 0 saturated carbocycles. The molecule has 0 aliphatic rings. The van der Waals surface area contributed by atoms with Crippen LogP contribution in [0.3, 0.4) is 0 Å². The first kappa shape index (κ1) is 13.0. The third-order valence-electron chi connectivity index (χ3n) is 2.31. The van der Waals surface area contributed by atoms with E-state index in [1.165, 1.54) is 6.42 Å². The Kier molecular flexibility index (Phi) is 6.89. The molecular formula is C11H21NO2. The maximum atomic E-state index is 10.8. The van der Waals surface area contributed by atoms with Crippen molar-refractivity contribution in [2.24, 2.45) is 5.73 Å². The number of rotatable bonds is 7. The summed E-state index contributed by atoms with van der Waals surface area (Å²) in [7, 11) is 0. The van der Waals surface area contributed by atoms with Crippen LogP contribution in [-0.4, -0.2) is 11.1 Å². The largest absolute Gasteiger partial charge is 0.478 e. The standard InChI is InChI=1S/C11H21NO2/c1-3-5-6-7-8-9(11(13)14)10(12)4-2/h3-8,12H2,1-2H3,(H,13,14). The maximum absolute atomic E-state index is 10.8. The summed E-state index contributed by atoms with van der Waals surface area (Å²) in [6.07, 6.45) is 5.57. The lowest BCUT2D eigenvalue weighted by Crippen LogP contribution is -2.10. The Morgan fingerprint density at radius 2 is 1.86 bits per heavy atom. The molecule has 0 rings (SSSR count). The van der Waals surface area contributed by atoms with Crippen molar-refractivity contribution < 1.29 is 9.90 Å². The number of hydrogen-bond donors (Lipinski definition) is 2. The fourth-order valence-corrected chi connectivity index (χ4v) is 1.35. The van der Waals surface area contributed by atoms with Crippen LogP contribution >= 0.6 is 0 Å². The number of allylic oxidation sites excluding steroid dienone is 1. The molecule has 0 aliphatic carbocycles. The monoisotopic (exact) mass is 199 g/mol. The summed E-state index contributed by atoms with van der Waals surface area (Å²) in [5, 5.41) is 8.89. The lowest BCUT2D eigenvalue weighted by atomic mass is 10.0. The van der Waals surface area contributed by atoms with Crippen molar-refractivity contribution in [2.75, 3.05) is 0 Å². The maximum Gasteiger partial charge on any atom is 0.333 e. The van der Waals surface area contributed by atoms with Crippen LogP contribution in [0.2, 0.25) is 0 Å². The molecule has 0 aliphatic heterocycles. The van der Waals surface area contributed by atoms with Gasteiger partial charge in [-0.25, -0.2) is 4.79 Å². The molecule has 0 aromatic carbocycles. The van der Waals surface area contributed by atoms with Gasteiger partial charge >= 0.3 is 5.97 Å². The summed E-state index contributed by atoms with van der Waals surface area (Å²) in [5.74, 6) is -0.860. The van der Waals surface area contributed by atoms with Gasteiger partial charge in [-0.15, -0.1) is 0 Å². The second-order valence-corrected chi connectivity index (χ2v) is 3.47. The minimum atomic E-state index is -0.860. The van der Waals surface area contributed by atoms with Gasteiger partial charge in [0.15, 0.2) is 0 Å². The summed E-state index contributed by atoms with van der Waals surface area (Å²) in [4.78, 5) is 10.8. The first-order valence-electron chi connectivity index (χ1n) is 5.34. The number of nitrogens with two attached hydrogens (primary N) is 1. The van der Waals surface area contributed by atoms with Crippen molar-refractivity contribution in [3.05, 3.63) is 11.3 Å². The van der Waals surface area contributed by atoms with Crippen molar-refractivity contribution in [2.45, 2.75) is 52.4 Å². The van der Waals surface area contributed by atoms with Gasteiger partial charge in [-0.3, -0.25) is 0 Å². The van der Waals surface area contributed by atoms with Gasteiger partial charge in [-0.1, -0.05) is 33.1 Å². The lowest BCUT2D eigenvalue weighted by molar-refractivity contribution is -0.132. The van der Waals surface area contributed by atoms with E-state index in [-0.39, 0.29) is 0 Å². The first-order valence-corrected chi connectivity index (χ1v) is 5.34. The quantitative estimate of drug-likeness (QED) is 0.489. The number of carboxylic acids is 1. The summed E-state index contributed by atoms with van der Waals surface area (Å²) in [6.45, 7) is 4.01. The highest BCUT2D eigenvalue weighted by Crippen LogP contribution is 2.13. The van der Waals surface area contributed by atoms with Crippen LogP contribution in [0.25, 0.3) is 0 Å². The van der Waals surface area contributed by atoms with E-state index in [9.17, 15) is 4.79 Å². The molecule has 0 fully saturated rings. The third-order valence-corrected chi connectivity index (χ3v) is 2.31. The molecule has 0 radical (unpaired) electrons. The lowest BCUT2D eigenvalue weighted by Gasteiger charge is -2.05. The van der Waals surface area contributed by atoms with Crippen molar-refractivity contribution >= 4 is 5.97 Å². The normalized spacial score (nSPS) is 12.4.